The van der Waals surface area contributed by atoms with Crippen LogP contribution in [0.15, 0.2) is 71.3 Å². The van der Waals surface area contributed by atoms with E-state index in [2.05, 4.69) is 5.32 Å². The standard InChI is InChI=1S/C23H21F3N2O4/c1-2-28(14-20(29)27-19-11-7-6-10-18(19)23(24,25)26)22(30)21-16(12-13-31-21)15-32-17-8-4-3-5-9-17/h3-13H,2,14-15H2,1H3,(H,27,29). The molecule has 9 heteroatoms. The highest BCUT2D eigenvalue weighted by molar-refractivity contribution is 5.99. The van der Waals surface area contributed by atoms with Gasteiger partial charge in [-0.2, -0.15) is 13.2 Å². The second-order valence-corrected chi connectivity index (χ2v) is 6.79. The number of benzene rings is 2. The molecule has 0 aliphatic heterocycles. The van der Waals surface area contributed by atoms with E-state index in [-0.39, 0.29) is 24.6 Å². The number of furan rings is 1. The number of rotatable bonds is 8. The summed E-state index contributed by atoms with van der Waals surface area (Å²) in [4.78, 5) is 26.5. The quantitative estimate of drug-likeness (QED) is 0.530. The minimum atomic E-state index is -4.62. The lowest BCUT2D eigenvalue weighted by atomic mass is 10.1. The average molecular weight is 446 g/mol. The molecule has 0 spiro atoms. The van der Waals surface area contributed by atoms with E-state index < -0.39 is 30.1 Å². The Morgan fingerprint density at radius 1 is 1.03 bits per heavy atom. The molecule has 0 fully saturated rings. The van der Waals surface area contributed by atoms with Crippen LogP contribution in [0.4, 0.5) is 18.9 Å². The predicted molar refractivity (Wildman–Crippen MR) is 111 cm³/mol. The summed E-state index contributed by atoms with van der Waals surface area (Å²) in [5.41, 5.74) is -0.849. The molecule has 0 aliphatic carbocycles. The molecule has 0 saturated carbocycles. The maximum absolute atomic E-state index is 13.1. The van der Waals surface area contributed by atoms with Crippen molar-refractivity contribution in [3.05, 3.63) is 83.8 Å². The van der Waals surface area contributed by atoms with Crippen LogP contribution in [0.5, 0.6) is 5.75 Å². The van der Waals surface area contributed by atoms with Gasteiger partial charge in [0.1, 0.15) is 18.9 Å². The van der Waals surface area contributed by atoms with Crippen molar-refractivity contribution in [3.63, 3.8) is 0 Å². The summed E-state index contributed by atoms with van der Waals surface area (Å²) in [5.74, 6) is -0.706. The molecule has 168 valence electrons. The van der Waals surface area contributed by atoms with Gasteiger partial charge in [0.15, 0.2) is 5.76 Å². The lowest BCUT2D eigenvalue weighted by Gasteiger charge is -2.20. The Hall–Kier alpha value is -3.75. The third kappa shape index (κ3) is 5.69. The molecule has 2 aromatic carbocycles. The number of likely N-dealkylation sites (N-methyl/N-ethyl adjacent to an activating group) is 1. The molecule has 1 N–H and O–H groups in total. The van der Waals surface area contributed by atoms with Gasteiger partial charge in [0.05, 0.1) is 17.5 Å². The average Bonchev–Trinajstić information content (AvgIpc) is 3.24. The molecule has 0 atom stereocenters. The van der Waals surface area contributed by atoms with Crippen LogP contribution in [-0.4, -0.2) is 29.8 Å². The Balaban J connectivity index is 1.67. The molecule has 0 radical (unpaired) electrons. The lowest BCUT2D eigenvalue weighted by molar-refractivity contribution is -0.137. The van der Waals surface area contributed by atoms with Gasteiger partial charge >= 0.3 is 6.18 Å². The molecule has 6 nitrogen and oxygen atoms in total. The first-order valence-corrected chi connectivity index (χ1v) is 9.79. The number of carbonyl (C=O) groups is 2. The van der Waals surface area contributed by atoms with Gasteiger partial charge in [0.25, 0.3) is 5.91 Å². The summed E-state index contributed by atoms with van der Waals surface area (Å²) >= 11 is 0. The molecule has 3 rings (SSSR count). The third-order valence-electron chi connectivity index (χ3n) is 4.59. The number of para-hydroxylation sites is 2. The first-order valence-electron chi connectivity index (χ1n) is 9.79. The van der Waals surface area contributed by atoms with Gasteiger partial charge in [-0.15, -0.1) is 0 Å². The van der Waals surface area contributed by atoms with E-state index in [9.17, 15) is 22.8 Å². The van der Waals surface area contributed by atoms with Crippen molar-refractivity contribution < 1.29 is 31.9 Å². The molecule has 1 heterocycles. The number of hydrogen-bond donors (Lipinski definition) is 1. The van der Waals surface area contributed by atoms with Crippen molar-refractivity contribution in [1.29, 1.82) is 0 Å². The number of nitrogens with one attached hydrogen (secondary N) is 1. The van der Waals surface area contributed by atoms with Crippen molar-refractivity contribution in [2.45, 2.75) is 19.7 Å². The van der Waals surface area contributed by atoms with E-state index in [1.54, 1.807) is 25.1 Å². The summed E-state index contributed by atoms with van der Waals surface area (Å²) in [6.07, 6.45) is -3.28. The van der Waals surface area contributed by atoms with Crippen LogP contribution in [0.1, 0.15) is 28.6 Å². The summed E-state index contributed by atoms with van der Waals surface area (Å²) in [6, 6.07) is 15.2. The van der Waals surface area contributed by atoms with Crippen molar-refractivity contribution >= 4 is 17.5 Å². The van der Waals surface area contributed by atoms with Gasteiger partial charge in [-0.05, 0) is 37.3 Å². The second-order valence-electron chi connectivity index (χ2n) is 6.79. The van der Waals surface area contributed by atoms with Crippen LogP contribution in [0.2, 0.25) is 0 Å². The number of halogens is 3. The van der Waals surface area contributed by atoms with Gasteiger partial charge < -0.3 is 19.4 Å². The summed E-state index contributed by atoms with van der Waals surface area (Å²) in [7, 11) is 0. The van der Waals surface area contributed by atoms with Crippen molar-refractivity contribution in [2.75, 3.05) is 18.4 Å². The zero-order chi connectivity index (χ0) is 23.1. The highest BCUT2D eigenvalue weighted by Crippen LogP contribution is 2.34. The molecule has 0 saturated heterocycles. The summed E-state index contributed by atoms with van der Waals surface area (Å²) < 4.78 is 50.4. The van der Waals surface area contributed by atoms with Crippen LogP contribution in [0.3, 0.4) is 0 Å². The molecule has 0 aliphatic rings. The van der Waals surface area contributed by atoms with Crippen LogP contribution in [-0.2, 0) is 17.6 Å². The van der Waals surface area contributed by atoms with E-state index in [4.69, 9.17) is 9.15 Å². The lowest BCUT2D eigenvalue weighted by Crippen LogP contribution is -2.38. The number of amides is 2. The van der Waals surface area contributed by atoms with Gasteiger partial charge in [-0.3, -0.25) is 9.59 Å². The maximum atomic E-state index is 13.1. The smallest absolute Gasteiger partial charge is 0.418 e. The van der Waals surface area contributed by atoms with Crippen LogP contribution in [0.25, 0.3) is 0 Å². The van der Waals surface area contributed by atoms with Gasteiger partial charge in [-0.25, -0.2) is 0 Å². The Kier molecular flexibility index (Phi) is 7.19. The van der Waals surface area contributed by atoms with Crippen molar-refractivity contribution in [3.8, 4) is 5.75 Å². The maximum Gasteiger partial charge on any atom is 0.418 e. The molecule has 3 aromatic rings. The molecule has 0 unspecified atom stereocenters. The fourth-order valence-corrected chi connectivity index (χ4v) is 2.99. The van der Waals surface area contributed by atoms with Gasteiger partial charge in [-0.1, -0.05) is 30.3 Å². The Bertz CT molecular complexity index is 1060. The molecule has 2 amide bonds. The normalized spacial score (nSPS) is 11.1. The predicted octanol–water partition coefficient (Wildman–Crippen LogP) is 4.98. The van der Waals surface area contributed by atoms with Gasteiger partial charge in [0.2, 0.25) is 5.91 Å². The van der Waals surface area contributed by atoms with E-state index in [1.807, 2.05) is 18.2 Å². The summed E-state index contributed by atoms with van der Waals surface area (Å²) in [6.45, 7) is 1.43. The van der Waals surface area contributed by atoms with Gasteiger partial charge in [0, 0.05) is 12.1 Å². The topological polar surface area (TPSA) is 71.8 Å². The number of alkyl halides is 3. The number of anilines is 1. The number of hydrogen-bond acceptors (Lipinski definition) is 4. The highest BCUT2D eigenvalue weighted by atomic mass is 19.4. The van der Waals surface area contributed by atoms with Crippen molar-refractivity contribution in [1.82, 2.24) is 4.90 Å². The van der Waals surface area contributed by atoms with Crippen LogP contribution < -0.4 is 10.1 Å². The first-order chi connectivity index (χ1) is 15.3. The Morgan fingerprint density at radius 2 is 1.72 bits per heavy atom. The van der Waals surface area contributed by atoms with E-state index >= 15 is 0 Å². The Labute approximate surface area is 182 Å². The number of carbonyl (C=O) groups excluding carboxylic acids is 2. The SMILES string of the molecule is CCN(CC(=O)Nc1ccccc1C(F)(F)F)C(=O)c1occc1COc1ccccc1. The Morgan fingerprint density at radius 3 is 2.41 bits per heavy atom. The first kappa shape index (κ1) is 22.9. The van der Waals surface area contributed by atoms with E-state index in [1.165, 1.54) is 23.3 Å². The van der Waals surface area contributed by atoms with Crippen LogP contribution in [0, 0.1) is 0 Å². The van der Waals surface area contributed by atoms with Crippen molar-refractivity contribution in [2.24, 2.45) is 0 Å². The summed E-state index contributed by atoms with van der Waals surface area (Å²) in [5, 5.41) is 2.24. The fraction of sp³-hybridized carbons (Fsp3) is 0.217. The third-order valence-corrected chi connectivity index (χ3v) is 4.59. The minimum Gasteiger partial charge on any atom is -0.489 e. The highest BCUT2D eigenvalue weighted by Gasteiger charge is 2.33. The zero-order valence-corrected chi connectivity index (χ0v) is 17.2. The largest absolute Gasteiger partial charge is 0.489 e. The zero-order valence-electron chi connectivity index (χ0n) is 17.2. The second kappa shape index (κ2) is 10.0. The van der Waals surface area contributed by atoms with E-state index in [0.717, 1.165) is 12.1 Å². The number of ether oxygens (including phenoxy) is 1. The number of nitrogens with zero attached hydrogens (tertiary/aromatic N) is 1. The van der Waals surface area contributed by atoms with E-state index in [0.29, 0.717) is 11.3 Å². The minimum absolute atomic E-state index is 0.00581. The molecular formula is C23H21F3N2O4. The molecule has 1 aromatic heterocycles. The van der Waals surface area contributed by atoms with Crippen LogP contribution >= 0.6 is 0 Å². The fourth-order valence-electron chi connectivity index (χ4n) is 2.99. The molecule has 32 heavy (non-hydrogen) atoms. The monoisotopic (exact) mass is 446 g/mol. The molecular weight excluding hydrogens is 425 g/mol. The molecule has 0 bridgehead atoms.